The maximum absolute atomic E-state index is 11.2. The van der Waals surface area contributed by atoms with Gasteiger partial charge < -0.3 is 23.9 Å². The van der Waals surface area contributed by atoms with Gasteiger partial charge in [-0.15, -0.1) is 6.58 Å². The van der Waals surface area contributed by atoms with Gasteiger partial charge >= 0.3 is 0 Å². The molecule has 7 nitrogen and oxygen atoms in total. The first-order valence-corrected chi connectivity index (χ1v) is 10.1. The van der Waals surface area contributed by atoms with Crippen molar-refractivity contribution in [3.63, 3.8) is 0 Å². The quantitative estimate of drug-likeness (QED) is 0.519. The molecule has 0 bridgehead atoms. The second kappa shape index (κ2) is 9.30. The third-order valence-corrected chi connectivity index (χ3v) is 5.44. The van der Waals surface area contributed by atoms with Crippen LogP contribution in [0.4, 0.5) is 0 Å². The zero-order valence-corrected chi connectivity index (χ0v) is 16.7. The first kappa shape index (κ1) is 20.4. The predicted molar refractivity (Wildman–Crippen MR) is 110 cm³/mol. The van der Waals surface area contributed by atoms with Crippen LogP contribution in [0.25, 0.3) is 0 Å². The van der Waals surface area contributed by atoms with Crippen molar-refractivity contribution in [1.29, 1.82) is 0 Å². The lowest BCUT2D eigenvalue weighted by atomic mass is 10.0. The van der Waals surface area contributed by atoms with E-state index in [2.05, 4.69) is 16.6 Å². The molecule has 2 aromatic heterocycles. The Morgan fingerprint density at radius 3 is 2.63 bits per heavy atom. The summed E-state index contributed by atoms with van der Waals surface area (Å²) in [5.74, 6) is 0.922. The standard InChI is InChI=1S/C23H26N2O5/c1-2-18(25-11-6-7-12-25)22-19(20(27)21-17(14-26)10-13-28-21)23(24-30-22)29-15-16-8-4-3-5-9-16/h2-5,8-10,13,18,20,26-27H,1,6-7,11-12,14-15H2/t18-,20?/m0/s1. The lowest BCUT2D eigenvalue weighted by Crippen LogP contribution is -2.25. The van der Waals surface area contributed by atoms with Crippen molar-refractivity contribution in [2.45, 2.75) is 38.2 Å². The monoisotopic (exact) mass is 410 g/mol. The fourth-order valence-electron chi connectivity index (χ4n) is 3.88. The zero-order chi connectivity index (χ0) is 20.9. The number of hydrogen-bond acceptors (Lipinski definition) is 7. The van der Waals surface area contributed by atoms with E-state index in [0.717, 1.165) is 31.5 Å². The lowest BCUT2D eigenvalue weighted by molar-refractivity contribution is 0.169. The molecule has 1 saturated heterocycles. The molecule has 0 saturated carbocycles. The number of aromatic nitrogens is 1. The summed E-state index contributed by atoms with van der Waals surface area (Å²) in [6.07, 6.45) is 4.23. The first-order valence-electron chi connectivity index (χ1n) is 10.1. The number of rotatable bonds is 9. The van der Waals surface area contributed by atoms with Gasteiger partial charge in [-0.2, -0.15) is 0 Å². The van der Waals surface area contributed by atoms with Crippen LogP contribution >= 0.6 is 0 Å². The number of aliphatic hydroxyl groups excluding tert-OH is 2. The fraction of sp³-hybridized carbons (Fsp3) is 0.348. The van der Waals surface area contributed by atoms with Gasteiger partial charge in [0.15, 0.2) is 5.76 Å². The van der Waals surface area contributed by atoms with E-state index in [1.165, 1.54) is 6.26 Å². The Kier molecular flexibility index (Phi) is 6.32. The molecule has 0 spiro atoms. The van der Waals surface area contributed by atoms with Crippen LogP contribution in [-0.4, -0.2) is 33.4 Å². The molecule has 0 aliphatic carbocycles. The maximum Gasteiger partial charge on any atom is 0.261 e. The summed E-state index contributed by atoms with van der Waals surface area (Å²) in [6, 6.07) is 11.1. The van der Waals surface area contributed by atoms with Crippen LogP contribution in [0.15, 0.2) is 64.3 Å². The van der Waals surface area contributed by atoms with E-state index in [-0.39, 0.29) is 30.9 Å². The summed E-state index contributed by atoms with van der Waals surface area (Å²) in [5.41, 5.74) is 1.86. The van der Waals surface area contributed by atoms with Gasteiger partial charge in [0.05, 0.1) is 24.5 Å². The molecule has 3 heterocycles. The summed E-state index contributed by atoms with van der Waals surface area (Å²) in [6.45, 7) is 5.82. The zero-order valence-electron chi connectivity index (χ0n) is 16.7. The van der Waals surface area contributed by atoms with Crippen molar-refractivity contribution in [3.05, 3.63) is 83.5 Å². The molecule has 1 aliphatic rings. The van der Waals surface area contributed by atoms with Crippen LogP contribution in [0.3, 0.4) is 0 Å². The minimum atomic E-state index is -1.20. The number of aliphatic hydroxyl groups is 2. The third kappa shape index (κ3) is 4.05. The van der Waals surface area contributed by atoms with E-state index in [1.54, 1.807) is 12.1 Å². The molecular weight excluding hydrogens is 384 g/mol. The average molecular weight is 410 g/mol. The predicted octanol–water partition coefficient (Wildman–Crippen LogP) is 3.74. The molecule has 1 aliphatic heterocycles. The second-order valence-electron chi connectivity index (χ2n) is 7.33. The molecule has 7 heteroatoms. The van der Waals surface area contributed by atoms with Gasteiger partial charge in [-0.3, -0.25) is 4.90 Å². The normalized spacial score (nSPS) is 16.5. The van der Waals surface area contributed by atoms with Crippen molar-refractivity contribution >= 4 is 0 Å². The van der Waals surface area contributed by atoms with Crippen molar-refractivity contribution in [3.8, 4) is 5.88 Å². The van der Waals surface area contributed by atoms with Gasteiger partial charge in [-0.25, -0.2) is 0 Å². The van der Waals surface area contributed by atoms with Gasteiger partial charge in [0, 0.05) is 5.56 Å². The van der Waals surface area contributed by atoms with Crippen molar-refractivity contribution < 1.29 is 23.9 Å². The molecule has 0 radical (unpaired) electrons. The Balaban J connectivity index is 1.70. The molecule has 2 atom stereocenters. The summed E-state index contributed by atoms with van der Waals surface area (Å²) in [4.78, 5) is 2.24. The maximum atomic E-state index is 11.2. The largest absolute Gasteiger partial charge is 0.470 e. The molecule has 2 N–H and O–H groups in total. The average Bonchev–Trinajstić information content (AvgIpc) is 3.54. The van der Waals surface area contributed by atoms with Crippen LogP contribution in [0.5, 0.6) is 5.88 Å². The number of benzene rings is 1. The van der Waals surface area contributed by atoms with E-state index < -0.39 is 6.10 Å². The lowest BCUT2D eigenvalue weighted by Gasteiger charge is -2.23. The van der Waals surface area contributed by atoms with E-state index in [9.17, 15) is 10.2 Å². The molecular formula is C23H26N2O5. The number of furan rings is 1. The molecule has 0 amide bonds. The SMILES string of the molecule is C=C[C@@H](c1onc(OCc2ccccc2)c1C(O)c1occc1CO)N1CCCC1. The summed E-state index contributed by atoms with van der Waals surface area (Å²) in [5, 5.41) is 24.9. The van der Waals surface area contributed by atoms with E-state index in [1.807, 2.05) is 30.3 Å². The number of hydrogen-bond donors (Lipinski definition) is 2. The van der Waals surface area contributed by atoms with E-state index in [4.69, 9.17) is 13.7 Å². The van der Waals surface area contributed by atoms with Crippen LogP contribution < -0.4 is 4.74 Å². The Hall–Kier alpha value is -2.87. The third-order valence-electron chi connectivity index (χ3n) is 5.44. The minimum absolute atomic E-state index is 0.202. The highest BCUT2D eigenvalue weighted by atomic mass is 16.5. The van der Waals surface area contributed by atoms with E-state index in [0.29, 0.717) is 16.9 Å². The second-order valence-corrected chi connectivity index (χ2v) is 7.33. The summed E-state index contributed by atoms with van der Waals surface area (Å²) in [7, 11) is 0. The van der Waals surface area contributed by atoms with Crippen LogP contribution in [0.2, 0.25) is 0 Å². The summed E-state index contributed by atoms with van der Waals surface area (Å²) >= 11 is 0. The Bertz CT molecular complexity index is 959. The van der Waals surface area contributed by atoms with Gasteiger partial charge in [0.1, 0.15) is 18.5 Å². The molecule has 1 fully saturated rings. The fourth-order valence-corrected chi connectivity index (χ4v) is 3.88. The van der Waals surface area contributed by atoms with Gasteiger partial charge in [0.25, 0.3) is 5.88 Å². The van der Waals surface area contributed by atoms with Gasteiger partial charge in [0.2, 0.25) is 0 Å². The molecule has 4 rings (SSSR count). The van der Waals surface area contributed by atoms with Crippen LogP contribution in [-0.2, 0) is 13.2 Å². The van der Waals surface area contributed by atoms with Crippen molar-refractivity contribution in [2.24, 2.45) is 0 Å². The first-order chi connectivity index (χ1) is 14.7. The molecule has 1 unspecified atom stereocenters. The highest BCUT2D eigenvalue weighted by Gasteiger charge is 2.35. The topological polar surface area (TPSA) is 92.1 Å². The van der Waals surface area contributed by atoms with Crippen LogP contribution in [0.1, 0.15) is 53.2 Å². The van der Waals surface area contributed by atoms with Crippen molar-refractivity contribution in [1.82, 2.24) is 10.1 Å². The molecule has 158 valence electrons. The van der Waals surface area contributed by atoms with Crippen LogP contribution in [0, 0.1) is 0 Å². The number of nitrogens with zero attached hydrogens (tertiary/aromatic N) is 2. The van der Waals surface area contributed by atoms with E-state index >= 15 is 0 Å². The minimum Gasteiger partial charge on any atom is -0.470 e. The Morgan fingerprint density at radius 1 is 1.17 bits per heavy atom. The Labute approximate surface area is 175 Å². The number of likely N-dealkylation sites (tertiary alicyclic amines) is 1. The molecule has 1 aromatic carbocycles. The van der Waals surface area contributed by atoms with Crippen molar-refractivity contribution in [2.75, 3.05) is 13.1 Å². The number of ether oxygens (including phenoxy) is 1. The van der Waals surface area contributed by atoms with Gasteiger partial charge in [-0.1, -0.05) is 36.4 Å². The van der Waals surface area contributed by atoms with Gasteiger partial charge in [-0.05, 0) is 42.7 Å². The molecule has 30 heavy (non-hydrogen) atoms. The Morgan fingerprint density at radius 2 is 1.93 bits per heavy atom. The molecule has 3 aromatic rings. The highest BCUT2D eigenvalue weighted by molar-refractivity contribution is 5.40. The summed E-state index contributed by atoms with van der Waals surface area (Å²) < 4.78 is 17.1. The highest BCUT2D eigenvalue weighted by Crippen LogP contribution is 2.40. The smallest absolute Gasteiger partial charge is 0.261 e.